The number of aromatic nitrogens is 2. The fourth-order valence-corrected chi connectivity index (χ4v) is 4.36. The Labute approximate surface area is 222 Å². The molecule has 10 heteroatoms. The van der Waals surface area contributed by atoms with E-state index in [4.69, 9.17) is 4.74 Å². The summed E-state index contributed by atoms with van der Waals surface area (Å²) in [5, 5.41) is 15.3. The molecule has 1 saturated heterocycles. The van der Waals surface area contributed by atoms with Crippen LogP contribution in [0.15, 0.2) is 60.8 Å². The van der Waals surface area contributed by atoms with Crippen molar-refractivity contribution in [1.29, 1.82) is 0 Å². The zero-order valence-corrected chi connectivity index (χ0v) is 21.6. The van der Waals surface area contributed by atoms with Gasteiger partial charge in [-0.15, -0.1) is 0 Å². The van der Waals surface area contributed by atoms with E-state index in [0.29, 0.717) is 32.8 Å². The van der Waals surface area contributed by atoms with Gasteiger partial charge in [0.1, 0.15) is 0 Å². The summed E-state index contributed by atoms with van der Waals surface area (Å²) in [7, 11) is 0. The zero-order valence-electron chi connectivity index (χ0n) is 21.6. The number of nitrogens with one attached hydrogen (secondary N) is 2. The maximum Gasteiger partial charge on any atom is 0.321 e. The van der Waals surface area contributed by atoms with E-state index in [9.17, 15) is 14.3 Å². The van der Waals surface area contributed by atoms with Crippen LogP contribution in [0.5, 0.6) is 5.88 Å². The number of nitrogens with zero attached hydrogens (tertiary/aromatic N) is 4. The van der Waals surface area contributed by atoms with Crippen molar-refractivity contribution in [2.24, 2.45) is 5.92 Å². The minimum Gasteiger partial charge on any atom is -0.475 e. The van der Waals surface area contributed by atoms with Gasteiger partial charge in [-0.05, 0) is 55.1 Å². The molecule has 0 bridgehead atoms. The highest BCUT2D eigenvalue weighted by Gasteiger charge is 2.24. The van der Waals surface area contributed by atoms with E-state index in [1.165, 1.54) is 0 Å². The Balaban J connectivity index is 1.28. The first-order valence-corrected chi connectivity index (χ1v) is 13.0. The first-order chi connectivity index (χ1) is 18.5. The molecular weight excluding hydrogens is 487 g/mol. The number of piperidine rings is 1. The molecule has 2 heterocycles. The molecular formula is C28H35FN6O3. The standard InChI is InChI=1S/C28H35FN6O3/c1-2-34(15-16-36)19-22-7-6-10-24(17-22)31-27-30-18-25(29)26(33-27)38-20-21-11-13-35(14-12-21)28(37)32-23-8-4-3-5-9-23/h3-10,17-18,21,36H,2,11-16,19-20H2,1H3,(H,32,37)(H,30,31,33). The van der Waals surface area contributed by atoms with Crippen LogP contribution in [0.1, 0.15) is 25.3 Å². The minimum atomic E-state index is -0.619. The number of carbonyl (C=O) groups is 1. The van der Waals surface area contributed by atoms with Crippen LogP contribution in [-0.4, -0.2) is 70.3 Å². The molecule has 9 nitrogen and oxygen atoms in total. The first-order valence-electron chi connectivity index (χ1n) is 13.0. The number of rotatable bonds is 11. The lowest BCUT2D eigenvalue weighted by Crippen LogP contribution is -2.42. The predicted molar refractivity (Wildman–Crippen MR) is 145 cm³/mol. The highest BCUT2D eigenvalue weighted by Crippen LogP contribution is 2.23. The van der Waals surface area contributed by atoms with Crippen LogP contribution >= 0.6 is 0 Å². The third-order valence-electron chi connectivity index (χ3n) is 6.55. The number of urea groups is 1. The number of aliphatic hydroxyl groups excluding tert-OH is 1. The molecule has 3 N–H and O–H groups in total. The number of likely N-dealkylation sites (N-methyl/N-ethyl adjacent to an activating group) is 1. The average molecular weight is 523 g/mol. The van der Waals surface area contributed by atoms with E-state index in [0.717, 1.165) is 42.5 Å². The Kier molecular flexibility index (Phi) is 9.83. The molecule has 1 aliphatic heterocycles. The van der Waals surface area contributed by atoms with Gasteiger partial charge in [-0.3, -0.25) is 4.90 Å². The summed E-state index contributed by atoms with van der Waals surface area (Å²) in [4.78, 5) is 24.7. The lowest BCUT2D eigenvalue weighted by Gasteiger charge is -2.31. The van der Waals surface area contributed by atoms with Crippen molar-refractivity contribution in [3.8, 4) is 5.88 Å². The zero-order chi connectivity index (χ0) is 26.7. The van der Waals surface area contributed by atoms with Crippen molar-refractivity contribution in [2.75, 3.05) is 50.0 Å². The number of benzene rings is 2. The molecule has 0 unspecified atom stereocenters. The maximum absolute atomic E-state index is 14.4. The lowest BCUT2D eigenvalue weighted by atomic mass is 9.98. The first kappa shape index (κ1) is 27.3. The second kappa shape index (κ2) is 13.7. The molecule has 0 spiro atoms. The maximum atomic E-state index is 14.4. The Bertz CT molecular complexity index is 1170. The number of hydrogen-bond acceptors (Lipinski definition) is 7. The second-order valence-electron chi connectivity index (χ2n) is 9.30. The van der Waals surface area contributed by atoms with E-state index in [2.05, 4.69) is 32.4 Å². The number of amides is 2. The predicted octanol–water partition coefficient (Wildman–Crippen LogP) is 4.50. The highest BCUT2D eigenvalue weighted by molar-refractivity contribution is 5.89. The van der Waals surface area contributed by atoms with Crippen LogP contribution in [0.4, 0.5) is 26.5 Å². The van der Waals surface area contributed by atoms with Gasteiger partial charge in [-0.2, -0.15) is 9.37 Å². The Morgan fingerprint density at radius 1 is 1.16 bits per heavy atom. The summed E-state index contributed by atoms with van der Waals surface area (Å²) in [6.45, 7) is 5.84. The Morgan fingerprint density at radius 2 is 1.92 bits per heavy atom. The van der Waals surface area contributed by atoms with Gasteiger partial charge in [0.15, 0.2) is 0 Å². The van der Waals surface area contributed by atoms with Gasteiger partial charge in [0.2, 0.25) is 11.8 Å². The number of para-hydroxylation sites is 1. The normalized spacial score (nSPS) is 13.9. The number of likely N-dealkylation sites (tertiary alicyclic amines) is 1. The number of ether oxygens (including phenoxy) is 1. The summed E-state index contributed by atoms with van der Waals surface area (Å²) >= 11 is 0. The summed E-state index contributed by atoms with van der Waals surface area (Å²) in [5.74, 6) is -0.276. The molecule has 0 aliphatic carbocycles. The number of anilines is 3. The average Bonchev–Trinajstić information content (AvgIpc) is 2.94. The molecule has 1 aliphatic rings. The Hall–Kier alpha value is -3.76. The van der Waals surface area contributed by atoms with Gasteiger partial charge < -0.3 is 25.4 Å². The van der Waals surface area contributed by atoms with E-state index in [1.54, 1.807) is 4.90 Å². The van der Waals surface area contributed by atoms with Crippen LogP contribution in [0, 0.1) is 11.7 Å². The van der Waals surface area contributed by atoms with Crippen molar-refractivity contribution in [3.05, 3.63) is 72.2 Å². The van der Waals surface area contributed by atoms with E-state index < -0.39 is 5.82 Å². The molecule has 2 aromatic carbocycles. The van der Waals surface area contributed by atoms with Crippen molar-refractivity contribution in [3.63, 3.8) is 0 Å². The van der Waals surface area contributed by atoms with Gasteiger partial charge >= 0.3 is 6.03 Å². The van der Waals surface area contributed by atoms with Crippen molar-refractivity contribution in [2.45, 2.75) is 26.3 Å². The minimum absolute atomic E-state index is 0.0944. The van der Waals surface area contributed by atoms with Gasteiger partial charge in [0, 0.05) is 37.6 Å². The molecule has 0 radical (unpaired) electrons. The lowest BCUT2D eigenvalue weighted by molar-refractivity contribution is 0.148. The molecule has 1 fully saturated rings. The van der Waals surface area contributed by atoms with Crippen LogP contribution in [0.3, 0.4) is 0 Å². The molecule has 202 valence electrons. The molecule has 3 aromatic rings. The smallest absolute Gasteiger partial charge is 0.321 e. The third kappa shape index (κ3) is 7.87. The third-order valence-corrected chi connectivity index (χ3v) is 6.55. The summed E-state index contributed by atoms with van der Waals surface area (Å²) in [6.07, 6.45) is 2.63. The van der Waals surface area contributed by atoms with E-state index in [1.807, 2.05) is 54.6 Å². The summed E-state index contributed by atoms with van der Waals surface area (Å²) in [5.41, 5.74) is 2.62. The number of aliphatic hydroxyl groups is 1. The van der Waals surface area contributed by atoms with Crippen LogP contribution in [0.25, 0.3) is 0 Å². The molecule has 4 rings (SSSR count). The van der Waals surface area contributed by atoms with E-state index in [-0.39, 0.29) is 30.4 Å². The number of halogens is 1. The number of hydrogen-bond donors (Lipinski definition) is 3. The highest BCUT2D eigenvalue weighted by atomic mass is 19.1. The largest absolute Gasteiger partial charge is 0.475 e. The van der Waals surface area contributed by atoms with Gasteiger partial charge in [0.05, 0.1) is 19.4 Å². The van der Waals surface area contributed by atoms with Gasteiger partial charge in [-0.25, -0.2) is 9.78 Å². The monoisotopic (exact) mass is 522 g/mol. The quantitative estimate of drug-likeness (QED) is 0.341. The molecule has 2 amide bonds. The summed E-state index contributed by atoms with van der Waals surface area (Å²) < 4.78 is 20.1. The molecule has 1 aromatic heterocycles. The van der Waals surface area contributed by atoms with Crippen molar-refractivity contribution >= 4 is 23.4 Å². The van der Waals surface area contributed by atoms with Crippen LogP contribution in [-0.2, 0) is 6.54 Å². The summed E-state index contributed by atoms with van der Waals surface area (Å²) in [6, 6.07) is 17.1. The van der Waals surface area contributed by atoms with Gasteiger partial charge in [0.25, 0.3) is 5.88 Å². The van der Waals surface area contributed by atoms with Crippen LogP contribution in [0.2, 0.25) is 0 Å². The fraction of sp³-hybridized carbons (Fsp3) is 0.393. The van der Waals surface area contributed by atoms with Crippen molar-refractivity contribution < 1.29 is 19.0 Å². The van der Waals surface area contributed by atoms with Crippen molar-refractivity contribution in [1.82, 2.24) is 19.8 Å². The SMILES string of the molecule is CCN(CCO)Cc1cccc(Nc2ncc(F)c(OCC3CCN(C(=O)Nc4ccccc4)CC3)n2)c1. The Morgan fingerprint density at radius 3 is 2.66 bits per heavy atom. The van der Waals surface area contributed by atoms with Gasteiger partial charge in [-0.1, -0.05) is 37.3 Å². The number of carbonyl (C=O) groups excluding carboxylic acids is 1. The topological polar surface area (TPSA) is 103 Å². The molecule has 0 atom stereocenters. The van der Waals surface area contributed by atoms with E-state index >= 15 is 0 Å². The fourth-order valence-electron chi connectivity index (χ4n) is 4.36. The molecule has 0 saturated carbocycles. The second-order valence-corrected chi connectivity index (χ2v) is 9.30. The van der Waals surface area contributed by atoms with Crippen LogP contribution < -0.4 is 15.4 Å². The molecule has 38 heavy (non-hydrogen) atoms.